The third-order valence-corrected chi connectivity index (χ3v) is 5.00. The molecular weight excluding hydrogens is 332 g/mol. The molecular formula is C18H26N6O2. The molecule has 2 aromatic rings. The highest BCUT2D eigenvalue weighted by Gasteiger charge is 2.25. The molecule has 0 radical (unpaired) electrons. The summed E-state index contributed by atoms with van der Waals surface area (Å²) in [6, 6.07) is -0.0479. The van der Waals surface area contributed by atoms with Gasteiger partial charge in [-0.05, 0) is 20.3 Å². The fourth-order valence-electron chi connectivity index (χ4n) is 3.30. The molecule has 1 atom stereocenters. The Balaban J connectivity index is 2.37. The zero-order valence-corrected chi connectivity index (χ0v) is 15.9. The summed E-state index contributed by atoms with van der Waals surface area (Å²) in [6.07, 6.45) is 0.776. The van der Waals surface area contributed by atoms with E-state index in [2.05, 4.69) is 22.1 Å². The lowest BCUT2D eigenvalue weighted by Gasteiger charge is -2.28. The zero-order valence-electron chi connectivity index (χ0n) is 15.9. The van der Waals surface area contributed by atoms with Gasteiger partial charge in [-0.3, -0.25) is 18.5 Å². The molecule has 0 aliphatic carbocycles. The lowest BCUT2D eigenvalue weighted by Crippen LogP contribution is -2.44. The van der Waals surface area contributed by atoms with Crippen LogP contribution in [0.5, 0.6) is 0 Å². The maximum atomic E-state index is 12.9. The second-order valence-corrected chi connectivity index (χ2v) is 6.61. The first-order chi connectivity index (χ1) is 12.5. The van der Waals surface area contributed by atoms with Gasteiger partial charge in [-0.2, -0.15) is 4.98 Å². The number of fused-ring (bicyclic) bond motifs is 1. The van der Waals surface area contributed by atoms with Crippen LogP contribution >= 0.6 is 0 Å². The quantitative estimate of drug-likeness (QED) is 0.796. The van der Waals surface area contributed by atoms with E-state index in [-0.39, 0.29) is 17.3 Å². The standard InChI is InChI=1S/C18H26N6O2/c1-5-7-10-23-14-15(20-17(23)22-11-8-19-9-12-22)24(13(3)6-2)18(26)21(4)16(14)25/h13,19H,6,8-12H2,1-4H3. The monoisotopic (exact) mass is 358 g/mol. The molecule has 3 heterocycles. The molecule has 8 nitrogen and oxygen atoms in total. The van der Waals surface area contributed by atoms with E-state index in [4.69, 9.17) is 4.98 Å². The van der Waals surface area contributed by atoms with Gasteiger partial charge in [0, 0.05) is 39.3 Å². The number of rotatable bonds is 4. The maximum absolute atomic E-state index is 12.9. The number of nitrogens with one attached hydrogen (secondary N) is 1. The molecule has 0 saturated carbocycles. The Labute approximate surface area is 152 Å². The first-order valence-electron chi connectivity index (χ1n) is 9.08. The van der Waals surface area contributed by atoms with E-state index < -0.39 is 0 Å². The van der Waals surface area contributed by atoms with E-state index >= 15 is 0 Å². The van der Waals surface area contributed by atoms with Crippen molar-refractivity contribution in [3.05, 3.63) is 20.8 Å². The van der Waals surface area contributed by atoms with E-state index in [9.17, 15) is 9.59 Å². The predicted molar refractivity (Wildman–Crippen MR) is 103 cm³/mol. The van der Waals surface area contributed by atoms with Crippen LogP contribution in [0, 0.1) is 11.8 Å². The minimum absolute atomic E-state index is 0.0479. The molecule has 1 fully saturated rings. The number of nitrogens with zero attached hydrogens (tertiary/aromatic N) is 5. The molecule has 1 N–H and O–H groups in total. The van der Waals surface area contributed by atoms with Crippen LogP contribution in [-0.2, 0) is 13.6 Å². The molecule has 3 rings (SSSR count). The van der Waals surface area contributed by atoms with Gasteiger partial charge in [0.1, 0.15) is 0 Å². The van der Waals surface area contributed by atoms with E-state index in [1.807, 2.05) is 18.4 Å². The summed E-state index contributed by atoms with van der Waals surface area (Å²) in [4.78, 5) is 32.6. The van der Waals surface area contributed by atoms with E-state index in [0.29, 0.717) is 23.7 Å². The summed E-state index contributed by atoms with van der Waals surface area (Å²) in [5.74, 6) is 6.64. The third-order valence-electron chi connectivity index (χ3n) is 5.00. The van der Waals surface area contributed by atoms with E-state index in [1.165, 1.54) is 11.6 Å². The normalized spacial score (nSPS) is 15.8. The summed E-state index contributed by atoms with van der Waals surface area (Å²) in [5.41, 5.74) is 0.258. The Bertz CT molecular complexity index is 981. The molecule has 0 spiro atoms. The summed E-state index contributed by atoms with van der Waals surface area (Å²) >= 11 is 0. The highest BCUT2D eigenvalue weighted by atomic mass is 16.2. The van der Waals surface area contributed by atoms with Gasteiger partial charge in [-0.15, -0.1) is 5.92 Å². The van der Waals surface area contributed by atoms with Crippen molar-refractivity contribution < 1.29 is 0 Å². The molecule has 0 amide bonds. The van der Waals surface area contributed by atoms with Crippen LogP contribution in [0.2, 0.25) is 0 Å². The van der Waals surface area contributed by atoms with Crippen LogP contribution < -0.4 is 21.5 Å². The summed E-state index contributed by atoms with van der Waals surface area (Å²) in [6.45, 7) is 9.47. The number of anilines is 1. The van der Waals surface area contributed by atoms with Gasteiger partial charge in [0.2, 0.25) is 5.95 Å². The molecule has 26 heavy (non-hydrogen) atoms. The Kier molecular flexibility index (Phi) is 5.18. The van der Waals surface area contributed by atoms with Gasteiger partial charge in [-0.25, -0.2) is 4.79 Å². The van der Waals surface area contributed by atoms with Crippen LogP contribution in [0.4, 0.5) is 5.95 Å². The second-order valence-electron chi connectivity index (χ2n) is 6.61. The number of piperazine rings is 1. The summed E-state index contributed by atoms with van der Waals surface area (Å²) in [5, 5.41) is 3.32. The molecule has 140 valence electrons. The smallest absolute Gasteiger partial charge is 0.332 e. The summed E-state index contributed by atoms with van der Waals surface area (Å²) in [7, 11) is 1.52. The van der Waals surface area contributed by atoms with Crippen LogP contribution in [0.1, 0.15) is 33.2 Å². The topological polar surface area (TPSA) is 77.1 Å². The fraction of sp³-hybridized carbons (Fsp3) is 0.611. The molecule has 2 aromatic heterocycles. The highest BCUT2D eigenvalue weighted by molar-refractivity contribution is 5.75. The van der Waals surface area contributed by atoms with Crippen LogP contribution in [0.25, 0.3) is 11.2 Å². The van der Waals surface area contributed by atoms with Gasteiger partial charge in [0.05, 0.1) is 6.54 Å². The SMILES string of the molecule is CC#CCn1c(N2CCNCC2)nc2c1c(=O)n(C)c(=O)n2C(C)CC. The average Bonchev–Trinajstić information content (AvgIpc) is 3.04. The van der Waals surface area contributed by atoms with Crippen molar-refractivity contribution in [2.24, 2.45) is 7.05 Å². The minimum Gasteiger partial charge on any atom is -0.340 e. The van der Waals surface area contributed by atoms with Gasteiger partial charge in [0.15, 0.2) is 11.2 Å². The number of imidazole rings is 1. The maximum Gasteiger partial charge on any atom is 0.332 e. The zero-order chi connectivity index (χ0) is 18.8. The minimum atomic E-state index is -0.324. The van der Waals surface area contributed by atoms with Crippen LogP contribution in [0.15, 0.2) is 9.59 Å². The first-order valence-corrected chi connectivity index (χ1v) is 9.08. The molecule has 1 saturated heterocycles. The molecule has 1 aliphatic rings. The van der Waals surface area contributed by atoms with E-state index in [1.54, 1.807) is 11.5 Å². The lowest BCUT2D eigenvalue weighted by molar-refractivity contribution is 0.499. The Morgan fingerprint density at radius 1 is 1.27 bits per heavy atom. The van der Waals surface area contributed by atoms with Gasteiger partial charge in [0.25, 0.3) is 5.56 Å². The Morgan fingerprint density at radius 2 is 1.96 bits per heavy atom. The van der Waals surface area contributed by atoms with Crippen molar-refractivity contribution in [3.8, 4) is 11.8 Å². The number of aromatic nitrogens is 4. The van der Waals surface area contributed by atoms with Crippen molar-refractivity contribution >= 4 is 17.1 Å². The molecule has 8 heteroatoms. The van der Waals surface area contributed by atoms with Gasteiger partial charge in [-0.1, -0.05) is 12.8 Å². The van der Waals surface area contributed by atoms with Gasteiger partial charge >= 0.3 is 5.69 Å². The van der Waals surface area contributed by atoms with E-state index in [0.717, 1.165) is 32.6 Å². The first kappa shape index (κ1) is 18.3. The molecule has 1 aliphatic heterocycles. The van der Waals surface area contributed by atoms with Crippen molar-refractivity contribution in [1.29, 1.82) is 0 Å². The highest BCUT2D eigenvalue weighted by Crippen LogP contribution is 2.22. The second kappa shape index (κ2) is 7.38. The average molecular weight is 358 g/mol. The van der Waals surface area contributed by atoms with Crippen molar-refractivity contribution in [2.45, 2.75) is 39.8 Å². The molecule has 1 unspecified atom stereocenters. The predicted octanol–water partition coefficient (Wildman–Crippen LogP) is 0.301. The Hall–Kier alpha value is -2.53. The third kappa shape index (κ3) is 2.92. The van der Waals surface area contributed by atoms with Crippen molar-refractivity contribution in [3.63, 3.8) is 0 Å². The van der Waals surface area contributed by atoms with Crippen LogP contribution in [-0.4, -0.2) is 44.9 Å². The summed E-state index contributed by atoms with van der Waals surface area (Å²) < 4.78 is 4.67. The van der Waals surface area contributed by atoms with Gasteiger partial charge < -0.3 is 10.2 Å². The molecule has 0 bridgehead atoms. The fourth-order valence-corrected chi connectivity index (χ4v) is 3.30. The number of hydrogen-bond donors (Lipinski definition) is 1. The lowest BCUT2D eigenvalue weighted by atomic mass is 10.2. The Morgan fingerprint density at radius 3 is 2.58 bits per heavy atom. The van der Waals surface area contributed by atoms with Crippen LogP contribution in [0.3, 0.4) is 0 Å². The largest absolute Gasteiger partial charge is 0.340 e. The molecule has 0 aromatic carbocycles. The number of hydrogen-bond acceptors (Lipinski definition) is 5. The van der Waals surface area contributed by atoms with Crippen molar-refractivity contribution in [2.75, 3.05) is 31.1 Å². The van der Waals surface area contributed by atoms with Crippen molar-refractivity contribution in [1.82, 2.24) is 24.0 Å².